The number of thiophene rings is 1. The molecular weight excluding hydrogens is 500 g/mol. The van der Waals surface area contributed by atoms with Crippen molar-refractivity contribution < 1.29 is 33.4 Å². The molecule has 0 saturated carbocycles. The second-order valence-corrected chi connectivity index (χ2v) is 8.68. The maximum absolute atomic E-state index is 12.6. The lowest BCUT2D eigenvalue weighted by molar-refractivity contribution is -0.119. The van der Waals surface area contributed by atoms with Gasteiger partial charge in [0.25, 0.3) is 5.91 Å². The lowest BCUT2D eigenvalue weighted by Gasteiger charge is -2.07. The summed E-state index contributed by atoms with van der Waals surface area (Å²) in [6.45, 7) is 2.74. The van der Waals surface area contributed by atoms with Gasteiger partial charge < -0.3 is 24.5 Å². The molecule has 3 aromatic heterocycles. The van der Waals surface area contributed by atoms with E-state index in [0.717, 1.165) is 16.9 Å². The molecule has 1 amide bonds. The first-order chi connectivity index (χ1) is 17.8. The predicted molar refractivity (Wildman–Crippen MR) is 135 cm³/mol. The molecule has 0 spiro atoms. The van der Waals surface area contributed by atoms with Gasteiger partial charge in [0.1, 0.15) is 15.7 Å². The number of aromatic amines is 1. The standard InChI is InChI=1S/C25H22N4O7S/c1-4-35-25(33)20-13(2)19(24(32)34-3)22(37-20)29-18(30)12-36-23(31)14-7-8-16-17(10-14)28-21(27-16)15-6-5-9-26-11-15/h5-11H,4,12H2,1-3H3,(H,27,28)(H,29,30). The van der Waals surface area contributed by atoms with Crippen molar-refractivity contribution in [2.45, 2.75) is 13.8 Å². The molecule has 4 rings (SSSR count). The number of amides is 1. The molecule has 190 valence electrons. The van der Waals surface area contributed by atoms with E-state index in [1.807, 2.05) is 6.07 Å². The zero-order valence-electron chi connectivity index (χ0n) is 20.1. The van der Waals surface area contributed by atoms with Gasteiger partial charge in [-0.1, -0.05) is 0 Å². The van der Waals surface area contributed by atoms with E-state index in [1.165, 1.54) is 7.11 Å². The van der Waals surface area contributed by atoms with Crippen LogP contribution in [0.2, 0.25) is 0 Å². The highest BCUT2D eigenvalue weighted by Gasteiger charge is 2.27. The molecule has 37 heavy (non-hydrogen) atoms. The van der Waals surface area contributed by atoms with Crippen molar-refractivity contribution >= 4 is 51.2 Å². The van der Waals surface area contributed by atoms with E-state index in [9.17, 15) is 19.2 Å². The molecule has 0 fully saturated rings. The average Bonchev–Trinajstić information content (AvgIpc) is 3.48. The summed E-state index contributed by atoms with van der Waals surface area (Å²) < 4.78 is 14.9. The summed E-state index contributed by atoms with van der Waals surface area (Å²) in [7, 11) is 1.19. The van der Waals surface area contributed by atoms with Crippen LogP contribution in [0, 0.1) is 6.92 Å². The van der Waals surface area contributed by atoms with Gasteiger partial charge >= 0.3 is 17.9 Å². The van der Waals surface area contributed by atoms with E-state index < -0.39 is 30.4 Å². The largest absolute Gasteiger partial charge is 0.465 e. The van der Waals surface area contributed by atoms with E-state index >= 15 is 0 Å². The lowest BCUT2D eigenvalue weighted by atomic mass is 10.1. The van der Waals surface area contributed by atoms with Crippen LogP contribution in [0.25, 0.3) is 22.4 Å². The third-order valence-corrected chi connectivity index (χ3v) is 6.42. The quantitative estimate of drug-likeness (QED) is 0.260. The van der Waals surface area contributed by atoms with Crippen LogP contribution in [0.4, 0.5) is 5.00 Å². The van der Waals surface area contributed by atoms with Gasteiger partial charge in [-0.2, -0.15) is 0 Å². The highest BCUT2D eigenvalue weighted by Crippen LogP contribution is 2.34. The number of fused-ring (bicyclic) bond motifs is 1. The summed E-state index contributed by atoms with van der Waals surface area (Å²) >= 11 is 0.875. The summed E-state index contributed by atoms with van der Waals surface area (Å²) in [5.74, 6) is -2.17. The van der Waals surface area contributed by atoms with Gasteiger partial charge in [-0.3, -0.25) is 9.78 Å². The number of esters is 3. The number of methoxy groups -OCH3 is 1. The van der Waals surface area contributed by atoms with Crippen LogP contribution in [0.5, 0.6) is 0 Å². The van der Waals surface area contributed by atoms with Crippen LogP contribution in [0.1, 0.15) is 42.9 Å². The Morgan fingerprint density at radius 2 is 1.89 bits per heavy atom. The van der Waals surface area contributed by atoms with Crippen LogP contribution in [0.15, 0.2) is 42.7 Å². The molecule has 0 atom stereocenters. The molecule has 0 radical (unpaired) electrons. The van der Waals surface area contributed by atoms with Crippen molar-refractivity contribution in [2.24, 2.45) is 0 Å². The molecule has 0 aliphatic rings. The molecule has 11 nitrogen and oxygen atoms in total. The highest BCUT2D eigenvalue weighted by molar-refractivity contribution is 7.18. The first-order valence-electron chi connectivity index (χ1n) is 11.1. The number of aromatic nitrogens is 3. The second kappa shape index (κ2) is 11.0. The SMILES string of the molecule is CCOC(=O)c1sc(NC(=O)COC(=O)c2ccc3nc(-c4cccnc4)[nH]c3c2)c(C(=O)OC)c1C. The average molecular weight is 523 g/mol. The molecule has 0 bridgehead atoms. The molecule has 0 unspecified atom stereocenters. The Morgan fingerprint density at radius 1 is 1.08 bits per heavy atom. The number of hydrogen-bond donors (Lipinski definition) is 2. The first kappa shape index (κ1) is 25.5. The third kappa shape index (κ3) is 5.48. The van der Waals surface area contributed by atoms with E-state index in [0.29, 0.717) is 22.4 Å². The summed E-state index contributed by atoms with van der Waals surface area (Å²) in [6, 6.07) is 8.43. The Bertz CT molecular complexity index is 1490. The molecule has 0 aliphatic heterocycles. The number of rotatable bonds is 8. The van der Waals surface area contributed by atoms with Gasteiger partial charge in [0, 0.05) is 18.0 Å². The second-order valence-electron chi connectivity index (χ2n) is 7.66. The minimum atomic E-state index is -0.727. The minimum absolute atomic E-state index is 0.0318. The number of carbonyl (C=O) groups is 4. The number of benzene rings is 1. The number of anilines is 1. The van der Waals surface area contributed by atoms with Crippen LogP contribution in [-0.4, -0.2) is 59.1 Å². The number of pyridine rings is 1. The van der Waals surface area contributed by atoms with Crippen LogP contribution in [0.3, 0.4) is 0 Å². The van der Waals surface area contributed by atoms with Crippen molar-refractivity contribution in [2.75, 3.05) is 25.6 Å². The molecule has 1 aromatic carbocycles. The molecular formula is C25H22N4O7S. The van der Waals surface area contributed by atoms with Crippen molar-refractivity contribution in [3.63, 3.8) is 0 Å². The van der Waals surface area contributed by atoms with Gasteiger partial charge in [-0.05, 0) is 49.7 Å². The maximum Gasteiger partial charge on any atom is 0.348 e. The van der Waals surface area contributed by atoms with E-state index in [4.69, 9.17) is 14.2 Å². The zero-order valence-corrected chi connectivity index (χ0v) is 20.9. The molecule has 2 N–H and O–H groups in total. The Hall–Kier alpha value is -4.58. The monoisotopic (exact) mass is 522 g/mol. The highest BCUT2D eigenvalue weighted by atomic mass is 32.1. The predicted octanol–water partition coefficient (Wildman–Crippen LogP) is 3.75. The maximum atomic E-state index is 12.6. The number of nitrogens with zero attached hydrogens (tertiary/aromatic N) is 2. The van der Waals surface area contributed by atoms with Gasteiger partial charge in [0.15, 0.2) is 6.61 Å². The first-order valence-corrected chi connectivity index (χ1v) is 11.9. The van der Waals surface area contributed by atoms with Crippen molar-refractivity contribution in [1.82, 2.24) is 15.0 Å². The smallest absolute Gasteiger partial charge is 0.348 e. The van der Waals surface area contributed by atoms with Crippen molar-refractivity contribution in [3.05, 3.63) is 64.3 Å². The minimum Gasteiger partial charge on any atom is -0.465 e. The van der Waals surface area contributed by atoms with Gasteiger partial charge in [-0.25, -0.2) is 19.4 Å². The topological polar surface area (TPSA) is 150 Å². The van der Waals surface area contributed by atoms with Gasteiger partial charge in [0.05, 0.1) is 35.9 Å². The summed E-state index contributed by atoms with van der Waals surface area (Å²) in [6.07, 6.45) is 3.33. The van der Waals surface area contributed by atoms with Gasteiger partial charge in [-0.15, -0.1) is 11.3 Å². The molecule has 12 heteroatoms. The zero-order chi connectivity index (χ0) is 26.5. The lowest BCUT2D eigenvalue weighted by Crippen LogP contribution is -2.21. The number of nitrogens with one attached hydrogen (secondary N) is 2. The van der Waals surface area contributed by atoms with Crippen LogP contribution >= 0.6 is 11.3 Å². The number of imidazole rings is 1. The number of carbonyl (C=O) groups excluding carboxylic acids is 4. The fourth-order valence-corrected chi connectivity index (χ4v) is 4.60. The van der Waals surface area contributed by atoms with E-state index in [1.54, 1.807) is 50.5 Å². The fourth-order valence-electron chi connectivity index (χ4n) is 3.49. The number of H-pyrrole nitrogens is 1. The Balaban J connectivity index is 1.45. The Morgan fingerprint density at radius 3 is 2.59 bits per heavy atom. The van der Waals surface area contributed by atoms with Crippen LogP contribution in [-0.2, 0) is 19.0 Å². The summed E-state index contributed by atoms with van der Waals surface area (Å²) in [5.41, 5.74) is 2.62. The van der Waals surface area contributed by atoms with Crippen LogP contribution < -0.4 is 5.32 Å². The molecule has 0 aliphatic carbocycles. The Labute approximate surface area is 214 Å². The van der Waals surface area contributed by atoms with Crippen molar-refractivity contribution in [1.29, 1.82) is 0 Å². The Kier molecular flexibility index (Phi) is 7.58. The number of hydrogen-bond acceptors (Lipinski definition) is 10. The summed E-state index contributed by atoms with van der Waals surface area (Å²) in [5, 5.41) is 2.61. The molecule has 0 saturated heterocycles. The summed E-state index contributed by atoms with van der Waals surface area (Å²) in [4.78, 5) is 61.4. The van der Waals surface area contributed by atoms with Crippen molar-refractivity contribution in [3.8, 4) is 11.4 Å². The molecule has 4 aromatic rings. The molecule has 3 heterocycles. The van der Waals surface area contributed by atoms with Gasteiger partial charge in [0.2, 0.25) is 0 Å². The van der Waals surface area contributed by atoms with E-state index in [-0.39, 0.29) is 27.6 Å². The third-order valence-electron chi connectivity index (χ3n) is 5.24. The normalized spacial score (nSPS) is 10.7. The number of ether oxygens (including phenoxy) is 3. The fraction of sp³-hybridized carbons (Fsp3) is 0.200. The van der Waals surface area contributed by atoms with E-state index in [2.05, 4.69) is 20.3 Å².